The topological polar surface area (TPSA) is 71.6 Å². The molecule has 28 heavy (non-hydrogen) atoms. The number of rotatable bonds is 3. The van der Waals surface area contributed by atoms with Gasteiger partial charge in [-0.2, -0.15) is 4.31 Å². The van der Waals surface area contributed by atoms with Gasteiger partial charge in [-0.3, -0.25) is 0 Å². The molecule has 1 fully saturated rings. The number of ether oxygens (including phenoxy) is 2. The highest BCUT2D eigenvalue weighted by Crippen LogP contribution is 2.35. The first kappa shape index (κ1) is 17.6. The van der Waals surface area contributed by atoms with Crippen molar-refractivity contribution in [3.05, 3.63) is 54.2 Å². The summed E-state index contributed by atoms with van der Waals surface area (Å²) in [6.45, 7) is 1.94. The van der Waals surface area contributed by atoms with Gasteiger partial charge in [0, 0.05) is 36.3 Å². The van der Waals surface area contributed by atoms with E-state index in [9.17, 15) is 8.42 Å². The molecule has 0 atom stereocenters. The van der Waals surface area contributed by atoms with Crippen LogP contribution >= 0.6 is 0 Å². The Morgan fingerprint density at radius 1 is 0.929 bits per heavy atom. The number of nitrogens with one attached hydrogen (secondary N) is 1. The molecule has 3 heterocycles. The van der Waals surface area contributed by atoms with Crippen LogP contribution in [0.4, 0.5) is 0 Å². The minimum Gasteiger partial charge on any atom is -0.486 e. The van der Waals surface area contributed by atoms with E-state index >= 15 is 0 Å². The maximum absolute atomic E-state index is 13.1. The standard InChI is InChI=1S/C21H22N2O4S/c24-28(25,17-5-6-20-21(14-17)27-12-11-26-20)23-9-7-15(8-10-23)19-13-16-3-1-2-4-18(16)22-19/h1-6,13-15,22H,7-12H2. The van der Waals surface area contributed by atoms with Crippen molar-refractivity contribution in [2.45, 2.75) is 23.7 Å². The van der Waals surface area contributed by atoms with E-state index in [1.165, 1.54) is 11.1 Å². The summed E-state index contributed by atoms with van der Waals surface area (Å²) in [5.74, 6) is 1.45. The van der Waals surface area contributed by atoms with Crippen molar-refractivity contribution >= 4 is 20.9 Å². The van der Waals surface area contributed by atoms with Crippen LogP contribution in [0.15, 0.2) is 53.4 Å². The number of aromatic amines is 1. The molecule has 6 nitrogen and oxygen atoms in total. The van der Waals surface area contributed by atoms with Crippen molar-refractivity contribution < 1.29 is 17.9 Å². The quantitative estimate of drug-likeness (QED) is 0.733. The Balaban J connectivity index is 1.33. The van der Waals surface area contributed by atoms with Gasteiger partial charge in [-0.05, 0) is 42.5 Å². The average molecular weight is 398 g/mol. The molecule has 7 heteroatoms. The summed E-state index contributed by atoms with van der Waals surface area (Å²) in [6, 6.07) is 15.3. The molecule has 2 aromatic carbocycles. The Labute approximate surface area is 164 Å². The Morgan fingerprint density at radius 3 is 2.46 bits per heavy atom. The molecular weight excluding hydrogens is 376 g/mol. The van der Waals surface area contributed by atoms with E-state index in [4.69, 9.17) is 9.47 Å². The summed E-state index contributed by atoms with van der Waals surface area (Å²) in [5, 5.41) is 1.20. The second kappa shape index (κ2) is 6.83. The van der Waals surface area contributed by atoms with Gasteiger partial charge >= 0.3 is 0 Å². The Morgan fingerprint density at radius 2 is 1.68 bits per heavy atom. The van der Waals surface area contributed by atoms with Gasteiger partial charge in [0.1, 0.15) is 13.2 Å². The van der Waals surface area contributed by atoms with Crippen LogP contribution in [0.25, 0.3) is 10.9 Å². The van der Waals surface area contributed by atoms with E-state index < -0.39 is 10.0 Å². The van der Waals surface area contributed by atoms with Crippen molar-refractivity contribution in [3.8, 4) is 11.5 Å². The SMILES string of the molecule is O=S(=O)(c1ccc2c(c1)OCCO2)N1CCC(c2cc3ccccc3[nH]2)CC1. The van der Waals surface area contributed by atoms with E-state index in [1.807, 2.05) is 12.1 Å². The second-order valence-corrected chi connectivity index (χ2v) is 9.23. The molecule has 5 rings (SSSR count). The molecule has 1 aromatic heterocycles. The van der Waals surface area contributed by atoms with Crippen molar-refractivity contribution in [3.63, 3.8) is 0 Å². The largest absolute Gasteiger partial charge is 0.486 e. The summed E-state index contributed by atoms with van der Waals surface area (Å²) in [5.41, 5.74) is 2.32. The number of piperidine rings is 1. The first-order chi connectivity index (χ1) is 13.6. The van der Waals surface area contributed by atoms with Gasteiger partial charge < -0.3 is 14.5 Å². The van der Waals surface area contributed by atoms with Crippen LogP contribution in [0.2, 0.25) is 0 Å². The molecule has 3 aromatic rings. The Bertz CT molecular complexity index is 1080. The summed E-state index contributed by atoms with van der Waals surface area (Å²) < 4.78 is 38.8. The number of para-hydroxylation sites is 1. The van der Waals surface area contributed by atoms with Crippen LogP contribution in [0.1, 0.15) is 24.5 Å². The number of sulfonamides is 1. The van der Waals surface area contributed by atoms with Gasteiger partial charge in [0.2, 0.25) is 10.0 Å². The summed E-state index contributed by atoms with van der Waals surface area (Å²) in [6.07, 6.45) is 1.60. The number of aromatic nitrogens is 1. The van der Waals surface area contributed by atoms with E-state index in [0.717, 1.165) is 18.4 Å². The number of benzene rings is 2. The zero-order valence-electron chi connectivity index (χ0n) is 15.4. The van der Waals surface area contributed by atoms with Gasteiger partial charge in [-0.1, -0.05) is 18.2 Å². The third-order valence-electron chi connectivity index (χ3n) is 5.60. The van der Waals surface area contributed by atoms with Crippen LogP contribution in [0, 0.1) is 0 Å². The molecule has 1 N–H and O–H groups in total. The molecule has 0 radical (unpaired) electrons. The molecule has 0 spiro atoms. The molecule has 0 unspecified atom stereocenters. The third kappa shape index (κ3) is 3.04. The van der Waals surface area contributed by atoms with Gasteiger partial charge in [-0.15, -0.1) is 0 Å². The lowest BCUT2D eigenvalue weighted by Crippen LogP contribution is -2.38. The van der Waals surface area contributed by atoms with Crippen LogP contribution in [-0.2, 0) is 10.0 Å². The maximum Gasteiger partial charge on any atom is 0.243 e. The van der Waals surface area contributed by atoms with Crippen LogP contribution in [0.3, 0.4) is 0 Å². The average Bonchev–Trinajstić information content (AvgIpc) is 3.18. The Hall–Kier alpha value is -2.51. The lowest BCUT2D eigenvalue weighted by Gasteiger charge is -2.31. The van der Waals surface area contributed by atoms with E-state index in [0.29, 0.717) is 43.7 Å². The fraction of sp³-hybridized carbons (Fsp3) is 0.333. The number of nitrogens with zero attached hydrogens (tertiary/aromatic N) is 1. The number of H-pyrrole nitrogens is 1. The highest BCUT2D eigenvalue weighted by atomic mass is 32.2. The second-order valence-electron chi connectivity index (χ2n) is 7.30. The normalized spacial score (nSPS) is 18.4. The molecule has 0 saturated carbocycles. The first-order valence-corrected chi connectivity index (χ1v) is 11.0. The molecule has 1 saturated heterocycles. The van der Waals surface area contributed by atoms with E-state index in [1.54, 1.807) is 22.5 Å². The zero-order chi connectivity index (χ0) is 19.1. The minimum absolute atomic E-state index is 0.265. The monoisotopic (exact) mass is 398 g/mol. The molecule has 0 amide bonds. The van der Waals surface area contributed by atoms with Gasteiger partial charge in [0.15, 0.2) is 11.5 Å². The third-order valence-corrected chi connectivity index (χ3v) is 7.49. The smallest absolute Gasteiger partial charge is 0.243 e. The summed E-state index contributed by atoms with van der Waals surface area (Å²) >= 11 is 0. The van der Waals surface area contributed by atoms with Crippen LogP contribution < -0.4 is 9.47 Å². The van der Waals surface area contributed by atoms with Crippen LogP contribution in [-0.4, -0.2) is 44.0 Å². The molecule has 2 aliphatic heterocycles. The van der Waals surface area contributed by atoms with Crippen molar-refractivity contribution in [2.24, 2.45) is 0 Å². The van der Waals surface area contributed by atoms with Gasteiger partial charge in [0.25, 0.3) is 0 Å². The van der Waals surface area contributed by atoms with Crippen molar-refractivity contribution in [1.82, 2.24) is 9.29 Å². The lowest BCUT2D eigenvalue weighted by molar-refractivity contribution is 0.171. The summed E-state index contributed by atoms with van der Waals surface area (Å²) in [7, 11) is -3.54. The van der Waals surface area contributed by atoms with E-state index in [-0.39, 0.29) is 4.90 Å². The predicted molar refractivity (Wildman–Crippen MR) is 106 cm³/mol. The molecule has 0 aliphatic carbocycles. The maximum atomic E-state index is 13.1. The molecular formula is C21H22N2O4S. The first-order valence-electron chi connectivity index (χ1n) is 9.59. The molecule has 146 valence electrons. The highest BCUT2D eigenvalue weighted by molar-refractivity contribution is 7.89. The number of hydrogen-bond acceptors (Lipinski definition) is 4. The fourth-order valence-corrected chi connectivity index (χ4v) is 5.54. The minimum atomic E-state index is -3.54. The zero-order valence-corrected chi connectivity index (χ0v) is 16.2. The lowest BCUT2D eigenvalue weighted by atomic mass is 9.95. The Kier molecular flexibility index (Phi) is 4.29. The number of fused-ring (bicyclic) bond motifs is 2. The van der Waals surface area contributed by atoms with E-state index in [2.05, 4.69) is 23.2 Å². The highest BCUT2D eigenvalue weighted by Gasteiger charge is 2.31. The van der Waals surface area contributed by atoms with Gasteiger partial charge in [-0.25, -0.2) is 8.42 Å². The number of hydrogen-bond donors (Lipinski definition) is 1. The van der Waals surface area contributed by atoms with Gasteiger partial charge in [0.05, 0.1) is 4.90 Å². The predicted octanol–water partition coefficient (Wildman–Crippen LogP) is 3.51. The van der Waals surface area contributed by atoms with Crippen molar-refractivity contribution in [2.75, 3.05) is 26.3 Å². The fourth-order valence-electron chi connectivity index (χ4n) is 4.06. The summed E-state index contributed by atoms with van der Waals surface area (Å²) in [4.78, 5) is 3.75. The van der Waals surface area contributed by atoms with Crippen LogP contribution in [0.5, 0.6) is 11.5 Å². The molecule has 0 bridgehead atoms. The van der Waals surface area contributed by atoms with Crippen molar-refractivity contribution in [1.29, 1.82) is 0 Å². The molecule has 2 aliphatic rings.